The summed E-state index contributed by atoms with van der Waals surface area (Å²) in [4.78, 5) is 28.0. The highest BCUT2D eigenvalue weighted by Gasteiger charge is 2.31. The van der Waals surface area contributed by atoms with Crippen molar-refractivity contribution in [2.24, 2.45) is 5.92 Å². The maximum Gasteiger partial charge on any atom is 0.573 e. The Kier molecular flexibility index (Phi) is 6.16. The number of rotatable bonds is 5. The molecule has 1 aromatic heterocycles. The number of carbonyl (C=O) groups excluding carboxylic acids is 2. The zero-order valence-corrected chi connectivity index (χ0v) is 16.8. The van der Waals surface area contributed by atoms with Crippen LogP contribution in [0.1, 0.15) is 33.5 Å². The quantitative estimate of drug-likeness (QED) is 0.767. The average molecular weight is 426 g/mol. The Morgan fingerprint density at radius 2 is 1.97 bits per heavy atom. The van der Waals surface area contributed by atoms with Crippen molar-refractivity contribution in [3.05, 3.63) is 45.6 Å². The fraction of sp³-hybridized carbons (Fsp3) is 0.400. The minimum absolute atomic E-state index is 0.168. The van der Waals surface area contributed by atoms with E-state index in [1.54, 1.807) is 7.05 Å². The van der Waals surface area contributed by atoms with Gasteiger partial charge in [0.25, 0.3) is 5.91 Å². The van der Waals surface area contributed by atoms with E-state index in [0.717, 1.165) is 31.4 Å². The second-order valence-corrected chi connectivity index (χ2v) is 8.33. The highest BCUT2D eigenvalue weighted by molar-refractivity contribution is 7.14. The minimum atomic E-state index is -4.77. The summed E-state index contributed by atoms with van der Waals surface area (Å²) in [5.41, 5.74) is 1.53. The molecular formula is C20H21F3N2O3S. The molecule has 2 aromatic rings. The van der Waals surface area contributed by atoms with Gasteiger partial charge in [0, 0.05) is 17.6 Å². The largest absolute Gasteiger partial charge is 0.573 e. The number of anilines is 1. The van der Waals surface area contributed by atoms with Crippen LogP contribution >= 0.6 is 11.3 Å². The lowest BCUT2D eigenvalue weighted by molar-refractivity contribution is -0.274. The van der Waals surface area contributed by atoms with Crippen LogP contribution in [0.4, 0.5) is 18.9 Å². The number of nitrogens with one attached hydrogen (secondary N) is 1. The predicted molar refractivity (Wildman–Crippen MR) is 104 cm³/mol. The smallest absolute Gasteiger partial charge is 0.406 e. The van der Waals surface area contributed by atoms with E-state index in [1.807, 2.05) is 6.07 Å². The molecule has 29 heavy (non-hydrogen) atoms. The number of halogens is 3. The first-order valence-corrected chi connectivity index (χ1v) is 9.95. The van der Waals surface area contributed by atoms with Crippen molar-refractivity contribution in [2.75, 3.05) is 18.9 Å². The van der Waals surface area contributed by atoms with Gasteiger partial charge in [-0.1, -0.05) is 6.92 Å². The van der Waals surface area contributed by atoms with Gasteiger partial charge in [0.1, 0.15) is 5.75 Å². The van der Waals surface area contributed by atoms with Crippen molar-refractivity contribution in [1.29, 1.82) is 0 Å². The number of likely N-dealkylation sites (N-methyl/N-ethyl adjacent to an activating group) is 1. The molecule has 0 saturated heterocycles. The summed E-state index contributed by atoms with van der Waals surface area (Å²) in [6, 6.07) is 6.74. The fourth-order valence-electron chi connectivity index (χ4n) is 3.23. The summed E-state index contributed by atoms with van der Waals surface area (Å²) in [6.45, 7) is 2.03. The number of amides is 2. The number of ether oxygens (including phenoxy) is 1. The number of alkyl halides is 3. The van der Waals surface area contributed by atoms with Gasteiger partial charge < -0.3 is 15.0 Å². The zero-order valence-electron chi connectivity index (χ0n) is 16.0. The van der Waals surface area contributed by atoms with Crippen molar-refractivity contribution in [1.82, 2.24) is 4.90 Å². The predicted octanol–water partition coefficient (Wildman–Crippen LogP) is 4.48. The third kappa shape index (κ3) is 5.72. The normalized spacial score (nSPS) is 16.1. The van der Waals surface area contributed by atoms with E-state index in [0.29, 0.717) is 16.5 Å². The molecule has 3 rings (SSSR count). The van der Waals surface area contributed by atoms with E-state index in [1.165, 1.54) is 38.8 Å². The van der Waals surface area contributed by atoms with Crippen molar-refractivity contribution in [3.8, 4) is 5.75 Å². The molecule has 0 radical (unpaired) electrons. The molecule has 1 atom stereocenters. The summed E-state index contributed by atoms with van der Waals surface area (Å²) in [6.07, 6.45) is -1.71. The highest BCUT2D eigenvalue weighted by Crippen LogP contribution is 2.32. The maximum absolute atomic E-state index is 12.6. The first-order chi connectivity index (χ1) is 13.6. The van der Waals surface area contributed by atoms with Gasteiger partial charge in [-0.25, -0.2) is 0 Å². The van der Waals surface area contributed by atoms with Crippen molar-refractivity contribution in [3.63, 3.8) is 0 Å². The van der Waals surface area contributed by atoms with Crippen LogP contribution in [0.5, 0.6) is 5.75 Å². The Labute approximate surface area is 170 Å². The van der Waals surface area contributed by atoms with Gasteiger partial charge >= 0.3 is 6.36 Å². The fourth-order valence-corrected chi connectivity index (χ4v) is 4.43. The van der Waals surface area contributed by atoms with E-state index in [-0.39, 0.29) is 18.2 Å². The first kappa shape index (κ1) is 21.2. The summed E-state index contributed by atoms with van der Waals surface area (Å²) in [5, 5.41) is 2.56. The minimum Gasteiger partial charge on any atom is -0.406 e. The number of fused-ring (bicyclic) bond motifs is 1. The first-order valence-electron chi connectivity index (χ1n) is 9.13. The van der Waals surface area contributed by atoms with E-state index in [2.05, 4.69) is 17.0 Å². The van der Waals surface area contributed by atoms with Crippen LogP contribution in [-0.2, 0) is 17.6 Å². The molecule has 156 valence electrons. The molecule has 1 aliphatic carbocycles. The molecule has 0 bridgehead atoms. The molecule has 1 N–H and O–H groups in total. The Morgan fingerprint density at radius 3 is 2.62 bits per heavy atom. The Bertz CT molecular complexity index is 893. The number of nitrogens with zero attached hydrogens (tertiary/aromatic N) is 1. The summed E-state index contributed by atoms with van der Waals surface area (Å²) in [7, 11) is 1.55. The Morgan fingerprint density at radius 1 is 1.28 bits per heavy atom. The zero-order chi connectivity index (χ0) is 21.2. The topological polar surface area (TPSA) is 58.6 Å². The number of aryl methyl sites for hydroxylation is 1. The molecule has 5 nitrogen and oxygen atoms in total. The lowest BCUT2D eigenvalue weighted by atomic mass is 9.90. The summed E-state index contributed by atoms with van der Waals surface area (Å²) < 4.78 is 40.3. The molecular weight excluding hydrogens is 405 g/mol. The molecule has 1 aromatic carbocycles. The van der Waals surface area contributed by atoms with Crippen LogP contribution in [0.15, 0.2) is 30.3 Å². The number of benzene rings is 1. The van der Waals surface area contributed by atoms with Crippen LogP contribution in [0.25, 0.3) is 0 Å². The monoisotopic (exact) mass is 426 g/mol. The van der Waals surface area contributed by atoms with Crippen molar-refractivity contribution >= 4 is 28.8 Å². The van der Waals surface area contributed by atoms with E-state index in [9.17, 15) is 22.8 Å². The standard InChI is InChI=1S/C20H21F3N2O3S/c1-12-3-8-16-13(9-12)10-17(29-16)19(27)25(2)11-18(26)24-14-4-6-15(7-5-14)28-20(21,22)23/h4-7,10,12H,3,8-9,11H2,1-2H3,(H,24,26)/t12-/m0/s1. The second kappa shape index (κ2) is 8.44. The number of hydrogen-bond acceptors (Lipinski definition) is 4. The van der Waals surface area contributed by atoms with Crippen LogP contribution in [0.2, 0.25) is 0 Å². The van der Waals surface area contributed by atoms with E-state index in [4.69, 9.17) is 0 Å². The second-order valence-electron chi connectivity index (χ2n) is 7.19. The molecule has 1 heterocycles. The molecule has 0 saturated carbocycles. The molecule has 0 fully saturated rings. The van der Waals surface area contributed by atoms with Gasteiger partial charge in [-0.2, -0.15) is 0 Å². The van der Waals surface area contributed by atoms with Crippen molar-refractivity contribution in [2.45, 2.75) is 32.5 Å². The van der Waals surface area contributed by atoms with Gasteiger partial charge in [0.05, 0.1) is 11.4 Å². The molecule has 0 unspecified atom stereocenters. The summed E-state index contributed by atoms with van der Waals surface area (Å²) in [5.74, 6) is -0.434. The Balaban J connectivity index is 1.55. The summed E-state index contributed by atoms with van der Waals surface area (Å²) >= 11 is 1.48. The third-order valence-electron chi connectivity index (χ3n) is 4.64. The van der Waals surface area contributed by atoms with Gasteiger partial charge in [-0.3, -0.25) is 9.59 Å². The Hall–Kier alpha value is -2.55. The van der Waals surface area contributed by atoms with Gasteiger partial charge in [0.2, 0.25) is 5.91 Å². The van der Waals surface area contributed by atoms with Gasteiger partial charge in [-0.05, 0) is 61.1 Å². The lowest BCUT2D eigenvalue weighted by Crippen LogP contribution is -2.34. The molecule has 1 aliphatic rings. The molecule has 0 spiro atoms. The maximum atomic E-state index is 12.6. The lowest BCUT2D eigenvalue weighted by Gasteiger charge is -2.16. The van der Waals surface area contributed by atoms with Gasteiger partial charge in [0.15, 0.2) is 0 Å². The molecule has 9 heteroatoms. The van der Waals surface area contributed by atoms with Gasteiger partial charge in [-0.15, -0.1) is 24.5 Å². The number of carbonyl (C=O) groups is 2. The van der Waals surface area contributed by atoms with E-state index < -0.39 is 12.3 Å². The third-order valence-corrected chi connectivity index (χ3v) is 5.86. The number of hydrogen-bond donors (Lipinski definition) is 1. The molecule has 0 aliphatic heterocycles. The van der Waals surface area contributed by atoms with E-state index >= 15 is 0 Å². The van der Waals surface area contributed by atoms with Crippen LogP contribution in [-0.4, -0.2) is 36.7 Å². The average Bonchev–Trinajstić information content (AvgIpc) is 3.04. The molecule has 2 amide bonds. The van der Waals surface area contributed by atoms with Crippen LogP contribution in [0.3, 0.4) is 0 Å². The van der Waals surface area contributed by atoms with Crippen molar-refractivity contribution < 1.29 is 27.5 Å². The highest BCUT2D eigenvalue weighted by atomic mass is 32.1. The number of thiophene rings is 1. The SMILES string of the molecule is C[C@H]1CCc2sc(C(=O)N(C)CC(=O)Nc3ccc(OC(F)(F)F)cc3)cc2C1. The van der Waals surface area contributed by atoms with Crippen LogP contribution < -0.4 is 10.1 Å². The van der Waals surface area contributed by atoms with Crippen LogP contribution in [0, 0.1) is 5.92 Å².